The zero-order valence-corrected chi connectivity index (χ0v) is 10.9. The van der Waals surface area contributed by atoms with Crippen molar-refractivity contribution in [3.63, 3.8) is 0 Å². The van der Waals surface area contributed by atoms with Crippen molar-refractivity contribution in [3.8, 4) is 11.3 Å². The molecule has 3 rings (SSSR count). The van der Waals surface area contributed by atoms with Crippen LogP contribution in [-0.2, 0) is 5.60 Å². The Morgan fingerprint density at radius 2 is 1.89 bits per heavy atom. The molecule has 2 heterocycles. The van der Waals surface area contributed by atoms with Gasteiger partial charge in [0, 0.05) is 10.9 Å². The summed E-state index contributed by atoms with van der Waals surface area (Å²) in [7, 11) is 0. The molecule has 2 N–H and O–H groups in total. The first-order valence-corrected chi connectivity index (χ1v) is 7.10. The molecule has 2 aromatic rings. The second-order valence-electron chi connectivity index (χ2n) is 4.69. The molecule has 94 valence electrons. The Bertz CT molecular complexity index is 518. The van der Waals surface area contributed by atoms with Crippen LogP contribution in [0.4, 0.5) is 0 Å². The molecule has 1 aliphatic rings. The van der Waals surface area contributed by atoms with Crippen LogP contribution < -0.4 is 5.32 Å². The van der Waals surface area contributed by atoms with Gasteiger partial charge >= 0.3 is 0 Å². The molecule has 3 nitrogen and oxygen atoms in total. The summed E-state index contributed by atoms with van der Waals surface area (Å²) in [5, 5.41) is 16.8. The molecule has 0 amide bonds. The minimum absolute atomic E-state index is 0.733. The maximum absolute atomic E-state index is 10.6. The van der Waals surface area contributed by atoms with Gasteiger partial charge in [-0.15, -0.1) is 11.3 Å². The van der Waals surface area contributed by atoms with Gasteiger partial charge in [-0.2, -0.15) is 0 Å². The number of aromatic nitrogens is 1. The van der Waals surface area contributed by atoms with E-state index in [-0.39, 0.29) is 0 Å². The van der Waals surface area contributed by atoms with Crippen molar-refractivity contribution >= 4 is 11.3 Å². The van der Waals surface area contributed by atoms with Gasteiger partial charge in [-0.25, -0.2) is 4.98 Å². The molecule has 1 aliphatic heterocycles. The smallest absolute Gasteiger partial charge is 0.125 e. The van der Waals surface area contributed by atoms with E-state index in [2.05, 4.69) is 10.3 Å². The summed E-state index contributed by atoms with van der Waals surface area (Å²) in [5.74, 6) is 0. The molecule has 1 saturated heterocycles. The third-order valence-electron chi connectivity index (χ3n) is 3.40. The summed E-state index contributed by atoms with van der Waals surface area (Å²) >= 11 is 1.56. The third-order valence-corrected chi connectivity index (χ3v) is 4.44. The molecule has 0 unspecified atom stereocenters. The fraction of sp³-hybridized carbons (Fsp3) is 0.357. The van der Waals surface area contributed by atoms with Crippen molar-refractivity contribution in [1.82, 2.24) is 10.3 Å². The number of thiazole rings is 1. The molecule has 1 aromatic carbocycles. The number of benzene rings is 1. The first kappa shape index (κ1) is 11.8. The van der Waals surface area contributed by atoms with Crippen LogP contribution in [0.25, 0.3) is 11.3 Å². The highest BCUT2D eigenvalue weighted by Gasteiger charge is 2.34. The molecular formula is C14H16N2OS. The number of rotatable bonds is 2. The van der Waals surface area contributed by atoms with Crippen molar-refractivity contribution in [2.45, 2.75) is 18.4 Å². The molecule has 1 fully saturated rings. The number of nitrogens with one attached hydrogen (secondary N) is 1. The van der Waals surface area contributed by atoms with E-state index in [0.29, 0.717) is 0 Å². The number of aliphatic hydroxyl groups is 1. The largest absolute Gasteiger partial charge is 0.383 e. The van der Waals surface area contributed by atoms with Gasteiger partial charge in [0.2, 0.25) is 0 Å². The summed E-state index contributed by atoms with van der Waals surface area (Å²) in [6.45, 7) is 1.72. The standard InChI is InChI=1S/C14H16N2OS/c17-14(6-8-15-9-7-14)13-16-12(10-18-13)11-4-2-1-3-5-11/h1-5,10,15,17H,6-9H2. The molecule has 4 heteroatoms. The van der Waals surface area contributed by atoms with Crippen LogP contribution in [0, 0.1) is 0 Å². The highest BCUT2D eigenvalue weighted by Crippen LogP contribution is 2.34. The fourth-order valence-electron chi connectivity index (χ4n) is 2.28. The molecule has 0 spiro atoms. The van der Waals surface area contributed by atoms with Gasteiger partial charge in [0.25, 0.3) is 0 Å². The van der Waals surface area contributed by atoms with Crippen LogP contribution >= 0.6 is 11.3 Å². The zero-order valence-electron chi connectivity index (χ0n) is 10.1. The SMILES string of the molecule is OC1(c2nc(-c3ccccc3)cs2)CCNCC1. The zero-order chi connectivity index (χ0) is 12.4. The molecule has 0 aliphatic carbocycles. The fourth-order valence-corrected chi connectivity index (χ4v) is 3.27. The summed E-state index contributed by atoms with van der Waals surface area (Å²) in [5.41, 5.74) is 1.34. The first-order chi connectivity index (χ1) is 8.78. The first-order valence-electron chi connectivity index (χ1n) is 6.22. The Hall–Kier alpha value is -1.23. The van der Waals surface area contributed by atoms with Gasteiger partial charge in [-0.3, -0.25) is 0 Å². The van der Waals surface area contributed by atoms with Crippen LogP contribution in [0.3, 0.4) is 0 Å². The maximum Gasteiger partial charge on any atom is 0.125 e. The Morgan fingerprint density at radius 3 is 2.61 bits per heavy atom. The quantitative estimate of drug-likeness (QED) is 0.871. The van der Waals surface area contributed by atoms with Crippen LogP contribution in [-0.4, -0.2) is 23.2 Å². The third kappa shape index (κ3) is 2.19. The van der Waals surface area contributed by atoms with E-state index >= 15 is 0 Å². The highest BCUT2D eigenvalue weighted by molar-refractivity contribution is 7.10. The Balaban J connectivity index is 1.89. The lowest BCUT2D eigenvalue weighted by Crippen LogP contribution is -2.39. The van der Waals surface area contributed by atoms with E-state index in [9.17, 15) is 5.11 Å². The van der Waals surface area contributed by atoms with Crippen molar-refractivity contribution in [2.75, 3.05) is 13.1 Å². The molecule has 0 atom stereocenters. The number of nitrogens with zero attached hydrogens (tertiary/aromatic N) is 1. The van der Waals surface area contributed by atoms with E-state index in [4.69, 9.17) is 0 Å². The predicted molar refractivity (Wildman–Crippen MR) is 73.6 cm³/mol. The average Bonchev–Trinajstić information content (AvgIpc) is 2.91. The Kier molecular flexibility index (Phi) is 3.16. The number of piperidine rings is 1. The van der Waals surface area contributed by atoms with Crippen LogP contribution in [0.1, 0.15) is 17.8 Å². The maximum atomic E-state index is 10.6. The minimum Gasteiger partial charge on any atom is -0.383 e. The topological polar surface area (TPSA) is 45.2 Å². The normalized spacial score (nSPS) is 18.7. The van der Waals surface area contributed by atoms with Gasteiger partial charge in [0.15, 0.2) is 0 Å². The van der Waals surface area contributed by atoms with Crippen molar-refractivity contribution < 1.29 is 5.11 Å². The lowest BCUT2D eigenvalue weighted by atomic mass is 9.93. The number of hydrogen-bond acceptors (Lipinski definition) is 4. The summed E-state index contributed by atoms with van der Waals surface area (Å²) in [6, 6.07) is 10.1. The average molecular weight is 260 g/mol. The highest BCUT2D eigenvalue weighted by atomic mass is 32.1. The van der Waals surface area contributed by atoms with Crippen LogP contribution in [0.15, 0.2) is 35.7 Å². The second kappa shape index (κ2) is 4.80. The summed E-state index contributed by atoms with van der Waals surface area (Å²) in [6.07, 6.45) is 1.49. The van der Waals surface area contributed by atoms with Crippen molar-refractivity contribution in [2.24, 2.45) is 0 Å². The monoisotopic (exact) mass is 260 g/mol. The molecule has 18 heavy (non-hydrogen) atoms. The van der Waals surface area contributed by atoms with Gasteiger partial charge in [-0.05, 0) is 25.9 Å². The predicted octanol–water partition coefficient (Wildman–Crippen LogP) is 2.38. The van der Waals surface area contributed by atoms with Crippen LogP contribution in [0.5, 0.6) is 0 Å². The van der Waals surface area contributed by atoms with E-state index in [1.807, 2.05) is 35.7 Å². The lowest BCUT2D eigenvalue weighted by molar-refractivity contribution is 0.00582. The molecule has 0 radical (unpaired) electrons. The van der Waals surface area contributed by atoms with E-state index in [1.54, 1.807) is 11.3 Å². The second-order valence-corrected chi connectivity index (χ2v) is 5.54. The minimum atomic E-state index is -0.733. The molecular weight excluding hydrogens is 244 g/mol. The van der Waals surface area contributed by atoms with Gasteiger partial charge in [0.1, 0.15) is 10.6 Å². The summed E-state index contributed by atoms with van der Waals surface area (Å²) < 4.78 is 0. The van der Waals surface area contributed by atoms with Crippen molar-refractivity contribution in [1.29, 1.82) is 0 Å². The molecule has 0 bridgehead atoms. The van der Waals surface area contributed by atoms with Crippen molar-refractivity contribution in [3.05, 3.63) is 40.7 Å². The Labute approximate surface area is 111 Å². The molecule has 0 saturated carbocycles. The number of hydrogen-bond donors (Lipinski definition) is 2. The van der Waals surface area contributed by atoms with E-state index in [0.717, 1.165) is 42.2 Å². The van der Waals surface area contributed by atoms with E-state index in [1.165, 1.54) is 0 Å². The van der Waals surface area contributed by atoms with Gasteiger partial charge < -0.3 is 10.4 Å². The summed E-state index contributed by atoms with van der Waals surface area (Å²) in [4.78, 5) is 4.62. The van der Waals surface area contributed by atoms with Gasteiger partial charge in [0.05, 0.1) is 5.69 Å². The van der Waals surface area contributed by atoms with Crippen LogP contribution in [0.2, 0.25) is 0 Å². The molecule has 1 aromatic heterocycles. The Morgan fingerprint density at radius 1 is 1.17 bits per heavy atom. The van der Waals surface area contributed by atoms with E-state index < -0.39 is 5.60 Å². The van der Waals surface area contributed by atoms with Gasteiger partial charge in [-0.1, -0.05) is 30.3 Å². The lowest BCUT2D eigenvalue weighted by Gasteiger charge is -2.30.